The first kappa shape index (κ1) is 19.7. The predicted octanol–water partition coefficient (Wildman–Crippen LogP) is 2.60. The van der Waals surface area contributed by atoms with Crippen LogP contribution >= 0.6 is 0 Å². The molecule has 2 N–H and O–H groups in total. The molecular weight excluding hydrogens is 314 g/mol. The molecule has 2 rings (SSSR count). The molecule has 0 saturated carbocycles. The van der Waals surface area contributed by atoms with E-state index >= 15 is 0 Å². The first-order chi connectivity index (χ1) is 12.2. The highest BCUT2D eigenvalue weighted by Gasteiger charge is 2.13. The molecule has 1 aliphatic heterocycles. The Labute approximate surface area is 152 Å². The molecule has 25 heavy (non-hydrogen) atoms. The van der Waals surface area contributed by atoms with Crippen molar-refractivity contribution in [3.63, 3.8) is 0 Å². The third kappa shape index (κ3) is 7.88. The van der Waals surface area contributed by atoms with Gasteiger partial charge in [0.2, 0.25) is 0 Å². The van der Waals surface area contributed by atoms with E-state index in [1.54, 1.807) is 0 Å². The number of hydrogen-bond acceptors (Lipinski definition) is 3. The minimum atomic E-state index is 0.379. The summed E-state index contributed by atoms with van der Waals surface area (Å²) in [6, 6.07) is 6.71. The Hall–Kier alpha value is -1.59. The molecule has 1 aromatic carbocycles. The lowest BCUT2D eigenvalue weighted by Gasteiger charge is -2.22. The van der Waals surface area contributed by atoms with Crippen LogP contribution in [0.4, 0.5) is 0 Å². The van der Waals surface area contributed by atoms with E-state index in [1.165, 1.54) is 16.7 Å². The van der Waals surface area contributed by atoms with E-state index in [1.807, 2.05) is 7.05 Å². The highest BCUT2D eigenvalue weighted by atomic mass is 16.5. The van der Waals surface area contributed by atoms with Crippen molar-refractivity contribution in [1.29, 1.82) is 0 Å². The summed E-state index contributed by atoms with van der Waals surface area (Å²) in [7, 11) is 1.81. The van der Waals surface area contributed by atoms with Crippen molar-refractivity contribution in [1.82, 2.24) is 10.6 Å². The number of guanidine groups is 1. The van der Waals surface area contributed by atoms with Crippen molar-refractivity contribution in [2.75, 3.05) is 40.0 Å². The van der Waals surface area contributed by atoms with Gasteiger partial charge in [-0.2, -0.15) is 0 Å². The summed E-state index contributed by atoms with van der Waals surface area (Å²) in [5, 5.41) is 6.73. The summed E-state index contributed by atoms with van der Waals surface area (Å²) in [6.45, 7) is 8.49. The number of aliphatic imine (C=N–C) groups is 1. The van der Waals surface area contributed by atoms with Crippen LogP contribution in [-0.2, 0) is 15.9 Å². The van der Waals surface area contributed by atoms with Gasteiger partial charge in [0.1, 0.15) is 0 Å². The van der Waals surface area contributed by atoms with Crippen LogP contribution in [0.2, 0.25) is 0 Å². The molecule has 1 fully saturated rings. The van der Waals surface area contributed by atoms with Crippen molar-refractivity contribution in [2.24, 2.45) is 4.99 Å². The van der Waals surface area contributed by atoms with Gasteiger partial charge in [0.15, 0.2) is 5.96 Å². The second-order valence-electron chi connectivity index (χ2n) is 6.71. The monoisotopic (exact) mass is 347 g/mol. The van der Waals surface area contributed by atoms with Crippen LogP contribution in [0.3, 0.4) is 0 Å². The van der Waals surface area contributed by atoms with E-state index in [0.717, 1.165) is 64.6 Å². The highest BCUT2D eigenvalue weighted by Crippen LogP contribution is 2.10. The van der Waals surface area contributed by atoms with Crippen molar-refractivity contribution in [2.45, 2.75) is 45.6 Å². The average molecular weight is 348 g/mol. The lowest BCUT2D eigenvalue weighted by Crippen LogP contribution is -2.39. The summed E-state index contributed by atoms with van der Waals surface area (Å²) >= 11 is 0. The van der Waals surface area contributed by atoms with Crippen LogP contribution in [0.1, 0.15) is 36.0 Å². The van der Waals surface area contributed by atoms with E-state index in [0.29, 0.717) is 6.10 Å². The van der Waals surface area contributed by atoms with Gasteiger partial charge in [0.05, 0.1) is 6.10 Å². The van der Waals surface area contributed by atoms with E-state index < -0.39 is 0 Å². The molecule has 0 bridgehead atoms. The zero-order valence-electron chi connectivity index (χ0n) is 15.9. The fourth-order valence-electron chi connectivity index (χ4n) is 3.13. The van der Waals surface area contributed by atoms with Crippen LogP contribution in [0.25, 0.3) is 0 Å². The van der Waals surface area contributed by atoms with Crippen molar-refractivity contribution in [3.8, 4) is 0 Å². The average Bonchev–Trinajstić information content (AvgIpc) is 2.60. The third-order valence-electron chi connectivity index (χ3n) is 4.35. The fourth-order valence-corrected chi connectivity index (χ4v) is 3.13. The Bertz CT molecular complexity index is 519. The molecule has 5 heteroatoms. The first-order valence-electron chi connectivity index (χ1n) is 9.38. The normalized spacial score (nSPS) is 16.0. The molecular formula is C20H33N3O2. The van der Waals surface area contributed by atoms with Gasteiger partial charge in [-0.05, 0) is 45.1 Å². The SMILES string of the molecule is CN=C(NCCCOC1CCOCC1)NCCc1cc(C)cc(C)c1. The smallest absolute Gasteiger partial charge is 0.190 e. The largest absolute Gasteiger partial charge is 0.381 e. The van der Waals surface area contributed by atoms with Gasteiger partial charge in [-0.15, -0.1) is 0 Å². The van der Waals surface area contributed by atoms with E-state index in [2.05, 4.69) is 47.7 Å². The van der Waals surface area contributed by atoms with Gasteiger partial charge in [-0.3, -0.25) is 4.99 Å². The molecule has 0 aromatic heterocycles. The van der Waals surface area contributed by atoms with Crippen molar-refractivity contribution >= 4 is 5.96 Å². The molecule has 5 nitrogen and oxygen atoms in total. The lowest BCUT2D eigenvalue weighted by molar-refractivity contribution is -0.0320. The molecule has 0 atom stereocenters. The van der Waals surface area contributed by atoms with Crippen LogP contribution in [0.15, 0.2) is 23.2 Å². The number of aryl methyl sites for hydroxylation is 2. The van der Waals surface area contributed by atoms with Gasteiger partial charge in [-0.1, -0.05) is 29.3 Å². The molecule has 1 aromatic rings. The molecule has 0 spiro atoms. The zero-order valence-corrected chi connectivity index (χ0v) is 15.9. The molecule has 140 valence electrons. The Kier molecular flexibility index (Phi) is 8.77. The second kappa shape index (κ2) is 11.1. The minimum absolute atomic E-state index is 0.379. The van der Waals surface area contributed by atoms with E-state index in [4.69, 9.17) is 9.47 Å². The maximum absolute atomic E-state index is 5.88. The molecule has 1 aliphatic rings. The van der Waals surface area contributed by atoms with Gasteiger partial charge < -0.3 is 20.1 Å². The van der Waals surface area contributed by atoms with Crippen LogP contribution in [0, 0.1) is 13.8 Å². The Morgan fingerprint density at radius 3 is 2.48 bits per heavy atom. The number of ether oxygens (including phenoxy) is 2. The fraction of sp³-hybridized carbons (Fsp3) is 0.650. The Morgan fingerprint density at radius 1 is 1.12 bits per heavy atom. The topological polar surface area (TPSA) is 54.9 Å². The van der Waals surface area contributed by atoms with Gasteiger partial charge in [-0.25, -0.2) is 0 Å². The first-order valence-corrected chi connectivity index (χ1v) is 9.38. The maximum Gasteiger partial charge on any atom is 0.190 e. The molecule has 0 aliphatic carbocycles. The molecule has 0 amide bonds. The molecule has 0 unspecified atom stereocenters. The number of nitrogens with one attached hydrogen (secondary N) is 2. The number of benzene rings is 1. The standard InChI is InChI=1S/C20H33N3O2/c1-16-13-17(2)15-18(14-16)5-9-23-20(21-3)22-8-4-10-25-19-6-11-24-12-7-19/h13-15,19H,4-12H2,1-3H3,(H2,21,22,23). The molecule has 1 heterocycles. The Balaban J connectivity index is 1.57. The second-order valence-corrected chi connectivity index (χ2v) is 6.71. The van der Waals surface area contributed by atoms with E-state index in [9.17, 15) is 0 Å². The number of nitrogens with zero attached hydrogens (tertiary/aromatic N) is 1. The Morgan fingerprint density at radius 2 is 1.80 bits per heavy atom. The van der Waals surface area contributed by atoms with Crippen LogP contribution in [-0.4, -0.2) is 52.0 Å². The van der Waals surface area contributed by atoms with Crippen molar-refractivity contribution in [3.05, 3.63) is 34.9 Å². The van der Waals surface area contributed by atoms with Crippen LogP contribution in [0.5, 0.6) is 0 Å². The zero-order chi connectivity index (χ0) is 17.9. The predicted molar refractivity (Wildman–Crippen MR) is 103 cm³/mol. The summed E-state index contributed by atoms with van der Waals surface area (Å²) in [4.78, 5) is 4.28. The van der Waals surface area contributed by atoms with E-state index in [-0.39, 0.29) is 0 Å². The summed E-state index contributed by atoms with van der Waals surface area (Å²) in [5.41, 5.74) is 4.01. The lowest BCUT2D eigenvalue weighted by atomic mass is 10.1. The van der Waals surface area contributed by atoms with Gasteiger partial charge in [0, 0.05) is 40.0 Å². The number of hydrogen-bond donors (Lipinski definition) is 2. The minimum Gasteiger partial charge on any atom is -0.381 e. The molecule has 0 radical (unpaired) electrons. The summed E-state index contributed by atoms with van der Waals surface area (Å²) in [6.07, 6.45) is 4.40. The maximum atomic E-state index is 5.88. The van der Waals surface area contributed by atoms with Crippen molar-refractivity contribution < 1.29 is 9.47 Å². The summed E-state index contributed by atoms with van der Waals surface area (Å²) in [5.74, 6) is 0.857. The highest BCUT2D eigenvalue weighted by molar-refractivity contribution is 5.79. The third-order valence-corrected chi connectivity index (χ3v) is 4.35. The van der Waals surface area contributed by atoms with Gasteiger partial charge >= 0.3 is 0 Å². The van der Waals surface area contributed by atoms with Gasteiger partial charge in [0.25, 0.3) is 0 Å². The quantitative estimate of drug-likeness (QED) is 0.431. The van der Waals surface area contributed by atoms with Crippen LogP contribution < -0.4 is 10.6 Å². The number of rotatable bonds is 8. The molecule has 1 saturated heterocycles. The summed E-state index contributed by atoms with van der Waals surface area (Å²) < 4.78 is 11.2.